The van der Waals surface area contributed by atoms with Crippen LogP contribution in [-0.2, 0) is 13.0 Å². The van der Waals surface area contributed by atoms with Crippen molar-refractivity contribution in [3.63, 3.8) is 0 Å². The molecule has 106 valence electrons. The predicted molar refractivity (Wildman–Crippen MR) is 79.8 cm³/mol. The summed E-state index contributed by atoms with van der Waals surface area (Å²) in [4.78, 5) is 4.33. The quantitative estimate of drug-likeness (QED) is 0.875. The monoisotopic (exact) mass is 270 g/mol. The maximum Gasteiger partial charge on any atom is 0.147 e. The highest BCUT2D eigenvalue weighted by Gasteiger charge is 2.19. The van der Waals surface area contributed by atoms with Crippen LogP contribution in [0.15, 0.2) is 24.3 Å². The molecule has 1 aromatic heterocycles. The van der Waals surface area contributed by atoms with Crippen molar-refractivity contribution in [2.75, 3.05) is 6.54 Å². The van der Waals surface area contributed by atoms with Crippen molar-refractivity contribution in [2.24, 2.45) is 0 Å². The van der Waals surface area contributed by atoms with Crippen molar-refractivity contribution >= 4 is 0 Å². The molecule has 1 fully saturated rings. The predicted octanol–water partition coefficient (Wildman–Crippen LogP) is 2.24. The molecule has 0 aliphatic heterocycles. The molecule has 0 amide bonds. The van der Waals surface area contributed by atoms with Crippen LogP contribution >= 0.6 is 0 Å². The summed E-state index contributed by atoms with van der Waals surface area (Å²) in [6.07, 6.45) is 3.82. The summed E-state index contributed by atoms with van der Waals surface area (Å²) in [6.45, 7) is 5.82. The van der Waals surface area contributed by atoms with E-state index in [0.717, 1.165) is 37.2 Å². The van der Waals surface area contributed by atoms with Crippen molar-refractivity contribution in [2.45, 2.75) is 45.7 Å². The highest BCUT2D eigenvalue weighted by Crippen LogP contribution is 2.18. The van der Waals surface area contributed by atoms with Gasteiger partial charge in [-0.25, -0.2) is 9.67 Å². The van der Waals surface area contributed by atoms with E-state index in [1.807, 2.05) is 18.5 Å². The first kappa shape index (κ1) is 13.3. The third-order valence-corrected chi connectivity index (χ3v) is 3.74. The Bertz CT molecular complexity index is 567. The number of hydrogen-bond acceptors (Lipinski definition) is 3. The van der Waals surface area contributed by atoms with E-state index < -0.39 is 0 Å². The minimum Gasteiger partial charge on any atom is -0.314 e. The third-order valence-electron chi connectivity index (χ3n) is 3.74. The minimum atomic E-state index is 0.799. The number of nitrogens with one attached hydrogen (secondary N) is 1. The van der Waals surface area contributed by atoms with E-state index in [4.69, 9.17) is 0 Å². The van der Waals surface area contributed by atoms with Gasteiger partial charge in [0.25, 0.3) is 0 Å². The van der Waals surface area contributed by atoms with Crippen LogP contribution in [0, 0.1) is 13.8 Å². The molecule has 1 aliphatic rings. The first-order chi connectivity index (χ1) is 9.70. The van der Waals surface area contributed by atoms with Gasteiger partial charge in [-0.1, -0.05) is 24.3 Å². The third kappa shape index (κ3) is 3.45. The number of hydrogen-bond donors (Lipinski definition) is 1. The Labute approximate surface area is 120 Å². The highest BCUT2D eigenvalue weighted by molar-refractivity contribution is 5.23. The first-order valence-corrected chi connectivity index (χ1v) is 7.40. The van der Waals surface area contributed by atoms with Gasteiger partial charge in [0.1, 0.15) is 11.6 Å². The van der Waals surface area contributed by atoms with E-state index >= 15 is 0 Å². The smallest absolute Gasteiger partial charge is 0.147 e. The van der Waals surface area contributed by atoms with Crippen LogP contribution in [-0.4, -0.2) is 27.4 Å². The Balaban J connectivity index is 1.56. The van der Waals surface area contributed by atoms with Crippen LogP contribution in [0.4, 0.5) is 0 Å². The summed E-state index contributed by atoms with van der Waals surface area (Å²) >= 11 is 0. The van der Waals surface area contributed by atoms with Crippen LogP contribution in [0.25, 0.3) is 0 Å². The molecule has 4 nitrogen and oxygen atoms in total. The summed E-state index contributed by atoms with van der Waals surface area (Å²) in [6, 6.07) is 9.64. The Hall–Kier alpha value is -1.68. The van der Waals surface area contributed by atoms with Gasteiger partial charge in [0.2, 0.25) is 0 Å². The van der Waals surface area contributed by atoms with Crippen LogP contribution in [0.3, 0.4) is 0 Å². The molecular weight excluding hydrogens is 248 g/mol. The minimum absolute atomic E-state index is 0.799. The fourth-order valence-electron chi connectivity index (χ4n) is 2.40. The maximum absolute atomic E-state index is 4.40. The molecule has 0 atom stereocenters. The molecule has 0 saturated heterocycles. The molecule has 1 heterocycles. The fraction of sp³-hybridized carbons (Fsp3) is 0.500. The van der Waals surface area contributed by atoms with Crippen LogP contribution in [0.2, 0.25) is 0 Å². The average molecular weight is 270 g/mol. The summed E-state index contributed by atoms with van der Waals surface area (Å²) in [5.74, 6) is 1.81. The molecule has 20 heavy (non-hydrogen) atoms. The summed E-state index contributed by atoms with van der Waals surface area (Å²) in [5, 5.41) is 7.95. The molecular formula is C16H22N4. The Kier molecular flexibility index (Phi) is 3.83. The van der Waals surface area contributed by atoms with E-state index in [0.29, 0.717) is 0 Å². The van der Waals surface area contributed by atoms with Gasteiger partial charge >= 0.3 is 0 Å². The van der Waals surface area contributed by atoms with Crippen LogP contribution in [0.1, 0.15) is 35.6 Å². The van der Waals surface area contributed by atoms with Gasteiger partial charge in [-0.2, -0.15) is 5.10 Å². The topological polar surface area (TPSA) is 42.7 Å². The van der Waals surface area contributed by atoms with Gasteiger partial charge < -0.3 is 5.32 Å². The molecule has 2 aromatic rings. The standard InChI is InChI=1S/C16H22N4/c1-12-18-13(2)20(19-12)11-15-5-3-14(4-6-15)9-10-17-16-7-8-16/h3-6,16-17H,7-11H2,1-2H3. The van der Waals surface area contributed by atoms with Crippen molar-refractivity contribution in [1.29, 1.82) is 0 Å². The second kappa shape index (κ2) is 5.75. The van der Waals surface area contributed by atoms with E-state index in [-0.39, 0.29) is 0 Å². The number of aryl methyl sites for hydroxylation is 2. The van der Waals surface area contributed by atoms with Gasteiger partial charge in [0.15, 0.2) is 0 Å². The second-order valence-corrected chi connectivity index (χ2v) is 5.66. The summed E-state index contributed by atoms with van der Waals surface area (Å²) in [5.41, 5.74) is 2.67. The van der Waals surface area contributed by atoms with Crippen molar-refractivity contribution < 1.29 is 0 Å². The zero-order valence-corrected chi connectivity index (χ0v) is 12.3. The lowest BCUT2D eigenvalue weighted by molar-refractivity contribution is 0.655. The van der Waals surface area contributed by atoms with Gasteiger partial charge in [-0.05, 0) is 50.8 Å². The molecule has 0 unspecified atom stereocenters. The lowest BCUT2D eigenvalue weighted by Gasteiger charge is -2.06. The second-order valence-electron chi connectivity index (χ2n) is 5.66. The summed E-state index contributed by atoms with van der Waals surface area (Å²) < 4.78 is 1.96. The highest BCUT2D eigenvalue weighted by atomic mass is 15.3. The molecule has 1 saturated carbocycles. The van der Waals surface area contributed by atoms with E-state index in [1.165, 1.54) is 24.0 Å². The van der Waals surface area contributed by atoms with E-state index in [9.17, 15) is 0 Å². The zero-order chi connectivity index (χ0) is 13.9. The van der Waals surface area contributed by atoms with Crippen molar-refractivity contribution in [3.05, 3.63) is 47.0 Å². The van der Waals surface area contributed by atoms with Gasteiger partial charge in [0.05, 0.1) is 6.54 Å². The zero-order valence-electron chi connectivity index (χ0n) is 12.3. The van der Waals surface area contributed by atoms with Crippen LogP contribution < -0.4 is 5.32 Å². The van der Waals surface area contributed by atoms with Crippen LogP contribution in [0.5, 0.6) is 0 Å². The molecule has 1 aliphatic carbocycles. The number of benzene rings is 1. The SMILES string of the molecule is Cc1nc(C)n(Cc2ccc(CCNC3CC3)cc2)n1. The first-order valence-electron chi connectivity index (χ1n) is 7.40. The molecule has 0 radical (unpaired) electrons. The Morgan fingerprint density at radius 1 is 1.15 bits per heavy atom. The summed E-state index contributed by atoms with van der Waals surface area (Å²) in [7, 11) is 0. The number of nitrogens with zero attached hydrogens (tertiary/aromatic N) is 3. The molecule has 0 bridgehead atoms. The number of rotatable bonds is 6. The maximum atomic E-state index is 4.40. The Morgan fingerprint density at radius 3 is 2.45 bits per heavy atom. The largest absolute Gasteiger partial charge is 0.314 e. The normalized spacial score (nSPS) is 14.7. The molecule has 1 N–H and O–H groups in total. The molecule has 3 rings (SSSR count). The van der Waals surface area contributed by atoms with Gasteiger partial charge in [0, 0.05) is 6.04 Å². The van der Waals surface area contributed by atoms with Gasteiger partial charge in [-0.15, -0.1) is 0 Å². The van der Waals surface area contributed by atoms with E-state index in [1.54, 1.807) is 0 Å². The average Bonchev–Trinajstić information content (AvgIpc) is 3.18. The number of aromatic nitrogens is 3. The fourth-order valence-corrected chi connectivity index (χ4v) is 2.40. The van der Waals surface area contributed by atoms with Crippen molar-refractivity contribution in [1.82, 2.24) is 20.1 Å². The van der Waals surface area contributed by atoms with Crippen molar-refractivity contribution in [3.8, 4) is 0 Å². The van der Waals surface area contributed by atoms with Gasteiger partial charge in [-0.3, -0.25) is 0 Å². The lowest BCUT2D eigenvalue weighted by Crippen LogP contribution is -2.19. The lowest BCUT2D eigenvalue weighted by atomic mass is 10.1. The molecule has 1 aromatic carbocycles. The Morgan fingerprint density at radius 2 is 1.85 bits per heavy atom. The van der Waals surface area contributed by atoms with E-state index in [2.05, 4.69) is 39.7 Å². The molecule has 0 spiro atoms. The molecule has 4 heteroatoms.